The zero-order valence-corrected chi connectivity index (χ0v) is 15.3. The molecular weight excluding hydrogens is 370 g/mol. The van der Waals surface area contributed by atoms with Crippen LogP contribution >= 0.6 is 0 Å². The van der Waals surface area contributed by atoms with Crippen molar-refractivity contribution in [3.05, 3.63) is 90.3 Å². The van der Waals surface area contributed by atoms with Crippen LogP contribution in [0.15, 0.2) is 73.1 Å². The SMILES string of the molecule is O=C([C]=Cc1cnc(N2C(=O)OC[C@H]2c2ccccc2)nc1)Oc1ccccc1. The number of hydrogen-bond donors (Lipinski definition) is 0. The molecule has 2 heterocycles. The van der Waals surface area contributed by atoms with Crippen molar-refractivity contribution in [2.24, 2.45) is 0 Å². The molecule has 0 bridgehead atoms. The second kappa shape index (κ2) is 8.35. The Bertz CT molecular complexity index is 1020. The van der Waals surface area contributed by atoms with E-state index in [-0.39, 0.29) is 18.6 Å². The van der Waals surface area contributed by atoms with Crippen LogP contribution < -0.4 is 9.64 Å². The zero-order valence-electron chi connectivity index (χ0n) is 15.3. The van der Waals surface area contributed by atoms with Gasteiger partial charge in [0.15, 0.2) is 0 Å². The summed E-state index contributed by atoms with van der Waals surface area (Å²) in [6, 6.07) is 18.0. The fraction of sp³-hybridized carbons (Fsp3) is 0.0909. The van der Waals surface area contributed by atoms with Crippen molar-refractivity contribution in [3.8, 4) is 5.75 Å². The summed E-state index contributed by atoms with van der Waals surface area (Å²) >= 11 is 0. The molecule has 1 aliphatic rings. The number of ether oxygens (including phenoxy) is 2. The van der Waals surface area contributed by atoms with Crippen LogP contribution in [-0.4, -0.2) is 28.6 Å². The minimum Gasteiger partial charge on any atom is -0.446 e. The summed E-state index contributed by atoms with van der Waals surface area (Å²) in [7, 11) is 0. The number of benzene rings is 2. The Morgan fingerprint density at radius 3 is 2.41 bits per heavy atom. The fourth-order valence-corrected chi connectivity index (χ4v) is 2.86. The highest BCUT2D eigenvalue weighted by Gasteiger charge is 2.37. The number of carbonyl (C=O) groups excluding carboxylic acids is 2. The molecular formula is C22H16N3O4. The molecule has 1 aromatic heterocycles. The van der Waals surface area contributed by atoms with Gasteiger partial charge in [-0.1, -0.05) is 48.5 Å². The van der Waals surface area contributed by atoms with E-state index in [9.17, 15) is 9.59 Å². The Labute approximate surface area is 167 Å². The molecule has 4 rings (SSSR count). The Morgan fingerprint density at radius 2 is 1.72 bits per heavy atom. The number of rotatable bonds is 5. The normalized spacial score (nSPS) is 16.1. The van der Waals surface area contributed by atoms with Gasteiger partial charge in [0, 0.05) is 18.0 Å². The molecule has 7 heteroatoms. The van der Waals surface area contributed by atoms with Gasteiger partial charge < -0.3 is 9.47 Å². The highest BCUT2D eigenvalue weighted by atomic mass is 16.6. The Kier molecular flexibility index (Phi) is 5.29. The van der Waals surface area contributed by atoms with E-state index < -0.39 is 12.1 Å². The molecule has 0 N–H and O–H groups in total. The predicted molar refractivity (Wildman–Crippen MR) is 105 cm³/mol. The summed E-state index contributed by atoms with van der Waals surface area (Å²) in [6.07, 6.45) is 6.43. The first-order valence-corrected chi connectivity index (χ1v) is 8.90. The third kappa shape index (κ3) is 4.30. The number of nitrogens with zero attached hydrogens (tertiary/aromatic N) is 3. The molecule has 1 atom stereocenters. The van der Waals surface area contributed by atoms with E-state index in [2.05, 4.69) is 16.0 Å². The Hall–Kier alpha value is -4.00. The summed E-state index contributed by atoms with van der Waals surface area (Å²) in [6.45, 7) is 0.229. The van der Waals surface area contributed by atoms with Gasteiger partial charge in [0.05, 0.1) is 6.08 Å². The van der Waals surface area contributed by atoms with Crippen molar-refractivity contribution in [1.82, 2.24) is 9.97 Å². The largest absolute Gasteiger partial charge is 0.446 e. The van der Waals surface area contributed by atoms with Crippen LogP contribution in [0.4, 0.5) is 10.7 Å². The Balaban J connectivity index is 1.46. The standard InChI is InChI=1S/C22H16N3O4/c26-20(29-18-9-5-2-6-10-18)12-11-16-13-23-21(24-14-16)25-19(15-28-22(25)27)17-7-3-1-4-8-17/h1-11,13-14,19H,15H2/t19-/m0/s1. The number of anilines is 1. The second-order valence-electron chi connectivity index (χ2n) is 6.18. The lowest BCUT2D eigenvalue weighted by atomic mass is 10.1. The molecule has 143 valence electrons. The number of hydrogen-bond acceptors (Lipinski definition) is 6. The lowest BCUT2D eigenvalue weighted by molar-refractivity contribution is -0.129. The lowest BCUT2D eigenvalue weighted by Crippen LogP contribution is -2.29. The average Bonchev–Trinajstić information content (AvgIpc) is 3.15. The van der Waals surface area contributed by atoms with Crippen molar-refractivity contribution >= 4 is 24.1 Å². The minimum absolute atomic E-state index is 0.227. The van der Waals surface area contributed by atoms with Crippen molar-refractivity contribution in [3.63, 3.8) is 0 Å². The highest BCUT2D eigenvalue weighted by Crippen LogP contribution is 2.30. The molecule has 0 unspecified atom stereocenters. The van der Waals surface area contributed by atoms with Gasteiger partial charge in [-0.15, -0.1) is 0 Å². The molecule has 2 aromatic carbocycles. The number of aromatic nitrogens is 2. The molecule has 29 heavy (non-hydrogen) atoms. The van der Waals surface area contributed by atoms with E-state index in [1.807, 2.05) is 36.4 Å². The predicted octanol–water partition coefficient (Wildman–Crippen LogP) is 3.60. The lowest BCUT2D eigenvalue weighted by Gasteiger charge is -2.19. The van der Waals surface area contributed by atoms with Crippen molar-refractivity contribution in [2.75, 3.05) is 11.5 Å². The van der Waals surface area contributed by atoms with Gasteiger partial charge in [-0.2, -0.15) is 0 Å². The van der Waals surface area contributed by atoms with Crippen LogP contribution in [-0.2, 0) is 9.53 Å². The third-order valence-electron chi connectivity index (χ3n) is 4.24. The first kappa shape index (κ1) is 18.4. The van der Waals surface area contributed by atoms with Crippen LogP contribution in [0, 0.1) is 6.08 Å². The van der Waals surface area contributed by atoms with Gasteiger partial charge in [-0.05, 0) is 23.8 Å². The molecule has 1 radical (unpaired) electrons. The summed E-state index contributed by atoms with van der Waals surface area (Å²) < 4.78 is 10.3. The smallest absolute Gasteiger partial charge is 0.417 e. The third-order valence-corrected chi connectivity index (χ3v) is 4.24. The molecule has 1 amide bonds. The molecule has 0 spiro atoms. The van der Waals surface area contributed by atoms with Gasteiger partial charge in [0.25, 0.3) is 0 Å². The van der Waals surface area contributed by atoms with E-state index in [4.69, 9.17) is 9.47 Å². The molecule has 1 fully saturated rings. The maximum absolute atomic E-state index is 12.2. The topological polar surface area (TPSA) is 81.6 Å². The maximum Gasteiger partial charge on any atom is 0.417 e. The molecule has 3 aromatic rings. The van der Waals surface area contributed by atoms with Crippen LogP contribution in [0.25, 0.3) is 6.08 Å². The zero-order chi connectivity index (χ0) is 20.1. The summed E-state index contributed by atoms with van der Waals surface area (Å²) in [5.74, 6) is 0.0300. The van der Waals surface area contributed by atoms with E-state index in [1.165, 1.54) is 23.4 Å². The Morgan fingerprint density at radius 1 is 1.07 bits per heavy atom. The van der Waals surface area contributed by atoms with Crippen molar-refractivity contribution in [2.45, 2.75) is 6.04 Å². The van der Waals surface area contributed by atoms with Crippen LogP contribution in [0.5, 0.6) is 5.75 Å². The number of para-hydroxylation sites is 1. The molecule has 0 aliphatic carbocycles. The maximum atomic E-state index is 12.2. The highest BCUT2D eigenvalue weighted by molar-refractivity contribution is 5.88. The number of carbonyl (C=O) groups is 2. The fourth-order valence-electron chi connectivity index (χ4n) is 2.86. The summed E-state index contributed by atoms with van der Waals surface area (Å²) in [5.41, 5.74) is 1.48. The molecule has 0 saturated carbocycles. The van der Waals surface area contributed by atoms with Crippen LogP contribution in [0.2, 0.25) is 0 Å². The molecule has 7 nitrogen and oxygen atoms in total. The molecule has 1 aliphatic heterocycles. The number of amides is 1. The van der Waals surface area contributed by atoms with E-state index in [0.717, 1.165) is 5.56 Å². The first-order chi connectivity index (χ1) is 14.2. The van der Waals surface area contributed by atoms with Gasteiger partial charge in [-0.3, -0.25) is 0 Å². The first-order valence-electron chi connectivity index (χ1n) is 8.90. The van der Waals surface area contributed by atoms with Crippen molar-refractivity contribution < 1.29 is 19.1 Å². The van der Waals surface area contributed by atoms with Gasteiger partial charge in [0.2, 0.25) is 5.95 Å². The van der Waals surface area contributed by atoms with Crippen LogP contribution in [0.3, 0.4) is 0 Å². The van der Waals surface area contributed by atoms with Gasteiger partial charge in [0.1, 0.15) is 18.4 Å². The molecule has 1 saturated heterocycles. The average molecular weight is 386 g/mol. The monoisotopic (exact) mass is 386 g/mol. The summed E-state index contributed by atoms with van der Waals surface area (Å²) in [4.78, 5) is 33.9. The van der Waals surface area contributed by atoms with Gasteiger partial charge in [-0.25, -0.2) is 24.5 Å². The van der Waals surface area contributed by atoms with Gasteiger partial charge >= 0.3 is 12.1 Å². The second-order valence-corrected chi connectivity index (χ2v) is 6.18. The van der Waals surface area contributed by atoms with Crippen LogP contribution in [0.1, 0.15) is 17.2 Å². The quantitative estimate of drug-likeness (QED) is 0.379. The number of esters is 1. The minimum atomic E-state index is -0.632. The van der Waals surface area contributed by atoms with E-state index in [1.54, 1.807) is 24.3 Å². The summed E-state index contributed by atoms with van der Waals surface area (Å²) in [5, 5.41) is 0. The van der Waals surface area contributed by atoms with E-state index >= 15 is 0 Å². The number of cyclic esters (lactones) is 1. The van der Waals surface area contributed by atoms with Crippen molar-refractivity contribution in [1.29, 1.82) is 0 Å². The van der Waals surface area contributed by atoms with E-state index in [0.29, 0.717) is 11.3 Å².